The molecule has 0 aliphatic heterocycles. The van der Waals surface area contributed by atoms with Gasteiger partial charge in [-0.15, -0.1) is 0 Å². The van der Waals surface area contributed by atoms with Crippen molar-refractivity contribution in [2.24, 2.45) is 23.7 Å². The van der Waals surface area contributed by atoms with E-state index >= 15 is 0 Å². The lowest BCUT2D eigenvalue weighted by atomic mass is 9.79. The second-order valence-electron chi connectivity index (χ2n) is 6.76. The van der Waals surface area contributed by atoms with E-state index in [0.717, 1.165) is 24.2 Å². The van der Waals surface area contributed by atoms with Crippen molar-refractivity contribution in [2.75, 3.05) is 0 Å². The molecule has 3 atom stereocenters. The van der Waals surface area contributed by atoms with Crippen LogP contribution < -0.4 is 0 Å². The van der Waals surface area contributed by atoms with Crippen molar-refractivity contribution in [1.82, 2.24) is 0 Å². The molecule has 0 amide bonds. The number of ketones is 1. The number of carbonyl (C=O) groups is 1. The minimum Gasteiger partial charge on any atom is -0.299 e. The van der Waals surface area contributed by atoms with Gasteiger partial charge in [0.15, 0.2) is 0 Å². The number of hydrogen-bond donors (Lipinski definition) is 0. The van der Waals surface area contributed by atoms with Gasteiger partial charge in [0.1, 0.15) is 5.78 Å². The van der Waals surface area contributed by atoms with Gasteiger partial charge in [-0.3, -0.25) is 4.79 Å². The van der Waals surface area contributed by atoms with Crippen LogP contribution in [0.15, 0.2) is 11.1 Å². The van der Waals surface area contributed by atoms with Gasteiger partial charge in [-0.1, -0.05) is 11.1 Å². The van der Waals surface area contributed by atoms with E-state index in [4.69, 9.17) is 0 Å². The molecule has 0 aromatic rings. The minimum atomic E-state index is 0.486. The second-order valence-corrected chi connectivity index (χ2v) is 6.76. The van der Waals surface area contributed by atoms with Gasteiger partial charge in [0.25, 0.3) is 0 Å². The lowest BCUT2D eigenvalue weighted by Gasteiger charge is -2.25. The fourth-order valence-electron chi connectivity index (χ4n) is 5.33. The molecule has 1 heteroatoms. The lowest BCUT2D eigenvalue weighted by molar-refractivity contribution is -0.122. The third-order valence-electron chi connectivity index (χ3n) is 6.05. The predicted molar refractivity (Wildman–Crippen MR) is 67.5 cm³/mol. The summed E-state index contributed by atoms with van der Waals surface area (Å²) in [6.45, 7) is 0. The van der Waals surface area contributed by atoms with E-state index in [9.17, 15) is 4.79 Å². The van der Waals surface area contributed by atoms with Crippen molar-refractivity contribution in [3.63, 3.8) is 0 Å². The number of rotatable bonds is 1. The Morgan fingerprint density at radius 3 is 2.35 bits per heavy atom. The van der Waals surface area contributed by atoms with Crippen LogP contribution in [0.3, 0.4) is 0 Å². The number of allylic oxidation sites excluding steroid dienone is 2. The predicted octanol–water partition coefficient (Wildman–Crippen LogP) is 3.88. The molecular weight excluding hydrogens is 208 g/mol. The van der Waals surface area contributed by atoms with Gasteiger partial charge >= 0.3 is 0 Å². The second kappa shape index (κ2) is 3.70. The molecule has 3 unspecified atom stereocenters. The largest absolute Gasteiger partial charge is 0.299 e. The molecule has 0 radical (unpaired) electrons. The molecular formula is C16H22O. The summed E-state index contributed by atoms with van der Waals surface area (Å²) in [5.74, 6) is 3.51. The van der Waals surface area contributed by atoms with Crippen LogP contribution >= 0.6 is 0 Å². The van der Waals surface area contributed by atoms with Gasteiger partial charge in [-0.2, -0.15) is 0 Å². The van der Waals surface area contributed by atoms with Crippen molar-refractivity contribution in [3.05, 3.63) is 11.1 Å². The average Bonchev–Trinajstić information content (AvgIpc) is 2.98. The highest BCUT2D eigenvalue weighted by Crippen LogP contribution is 2.54. The Balaban J connectivity index is 1.52. The first-order chi connectivity index (χ1) is 8.33. The molecule has 0 N–H and O–H groups in total. The van der Waals surface area contributed by atoms with Crippen LogP contribution in [-0.2, 0) is 4.79 Å². The van der Waals surface area contributed by atoms with Gasteiger partial charge < -0.3 is 0 Å². The molecule has 4 rings (SSSR count). The maximum Gasteiger partial charge on any atom is 0.136 e. The van der Waals surface area contributed by atoms with Gasteiger partial charge in [-0.25, -0.2) is 0 Å². The number of fused-ring (bicyclic) bond motifs is 1. The zero-order valence-corrected chi connectivity index (χ0v) is 10.6. The SMILES string of the molecule is O=C1CCC2CCC(C3CC4=C(CCC4)C3)C12. The molecule has 2 saturated carbocycles. The molecule has 92 valence electrons. The molecule has 0 heterocycles. The first-order valence-electron chi connectivity index (χ1n) is 7.55. The van der Waals surface area contributed by atoms with Crippen LogP contribution in [0.25, 0.3) is 0 Å². The Kier molecular flexibility index (Phi) is 2.25. The molecule has 0 saturated heterocycles. The van der Waals surface area contributed by atoms with Gasteiger partial charge in [0, 0.05) is 12.3 Å². The van der Waals surface area contributed by atoms with Gasteiger partial charge in [0.2, 0.25) is 0 Å². The van der Waals surface area contributed by atoms with E-state index in [2.05, 4.69) is 0 Å². The van der Waals surface area contributed by atoms with E-state index in [1.807, 2.05) is 0 Å². The monoisotopic (exact) mass is 230 g/mol. The number of hydrogen-bond acceptors (Lipinski definition) is 1. The smallest absolute Gasteiger partial charge is 0.136 e. The highest BCUT2D eigenvalue weighted by molar-refractivity contribution is 5.84. The topological polar surface area (TPSA) is 17.1 Å². The standard InChI is InChI=1S/C16H22O/c17-15-7-5-10-4-6-14(16(10)15)13-8-11-2-1-3-12(11)9-13/h10,13-14,16H,1-9H2. The highest BCUT2D eigenvalue weighted by atomic mass is 16.1. The zero-order valence-electron chi connectivity index (χ0n) is 10.6. The molecule has 4 aliphatic rings. The molecule has 0 bridgehead atoms. The minimum absolute atomic E-state index is 0.486. The van der Waals surface area contributed by atoms with Crippen molar-refractivity contribution in [3.8, 4) is 0 Å². The van der Waals surface area contributed by atoms with Gasteiger partial charge in [0.05, 0.1) is 0 Å². The summed E-state index contributed by atoms with van der Waals surface area (Å²) in [5.41, 5.74) is 3.59. The first kappa shape index (κ1) is 10.3. The average molecular weight is 230 g/mol. The third kappa shape index (κ3) is 1.47. The lowest BCUT2D eigenvalue weighted by Crippen LogP contribution is -2.23. The number of carbonyl (C=O) groups excluding carboxylic acids is 1. The summed E-state index contributed by atoms with van der Waals surface area (Å²) in [7, 11) is 0. The van der Waals surface area contributed by atoms with E-state index in [-0.39, 0.29) is 0 Å². The fourth-order valence-corrected chi connectivity index (χ4v) is 5.33. The molecule has 4 aliphatic carbocycles. The van der Waals surface area contributed by atoms with Crippen molar-refractivity contribution in [2.45, 2.75) is 57.8 Å². The normalized spacial score (nSPS) is 41.4. The summed E-state index contributed by atoms with van der Waals surface area (Å²) >= 11 is 0. The van der Waals surface area contributed by atoms with Crippen LogP contribution in [0.4, 0.5) is 0 Å². The van der Waals surface area contributed by atoms with E-state index in [1.165, 1.54) is 51.4 Å². The molecule has 2 fully saturated rings. The molecule has 0 spiro atoms. The Morgan fingerprint density at radius 2 is 1.59 bits per heavy atom. The molecule has 0 aromatic carbocycles. The Labute approximate surface area is 104 Å². The van der Waals surface area contributed by atoms with Crippen molar-refractivity contribution >= 4 is 5.78 Å². The van der Waals surface area contributed by atoms with Crippen LogP contribution in [-0.4, -0.2) is 5.78 Å². The molecule has 17 heavy (non-hydrogen) atoms. The molecule has 0 aromatic heterocycles. The Bertz CT molecular complexity index is 376. The number of Topliss-reactive ketones (excluding diaryl/α,β-unsaturated/α-hetero) is 1. The summed E-state index contributed by atoms with van der Waals surface area (Å²) in [5, 5.41) is 0. The fraction of sp³-hybridized carbons (Fsp3) is 0.812. The maximum absolute atomic E-state index is 12.1. The van der Waals surface area contributed by atoms with E-state index in [0.29, 0.717) is 11.7 Å². The summed E-state index contributed by atoms with van der Waals surface area (Å²) in [6, 6.07) is 0. The van der Waals surface area contributed by atoms with Gasteiger partial charge in [-0.05, 0) is 69.1 Å². The van der Waals surface area contributed by atoms with Crippen molar-refractivity contribution in [1.29, 1.82) is 0 Å². The van der Waals surface area contributed by atoms with E-state index in [1.54, 1.807) is 11.1 Å². The third-order valence-corrected chi connectivity index (χ3v) is 6.05. The van der Waals surface area contributed by atoms with Crippen LogP contribution in [0.2, 0.25) is 0 Å². The van der Waals surface area contributed by atoms with Crippen LogP contribution in [0, 0.1) is 23.7 Å². The van der Waals surface area contributed by atoms with E-state index < -0.39 is 0 Å². The summed E-state index contributed by atoms with van der Waals surface area (Å²) in [6.07, 6.45) is 11.7. The van der Waals surface area contributed by atoms with Crippen molar-refractivity contribution < 1.29 is 4.79 Å². The quantitative estimate of drug-likeness (QED) is 0.625. The summed E-state index contributed by atoms with van der Waals surface area (Å²) < 4.78 is 0. The maximum atomic E-state index is 12.1. The Hall–Kier alpha value is -0.590. The highest BCUT2D eigenvalue weighted by Gasteiger charge is 2.48. The zero-order chi connectivity index (χ0) is 11.4. The first-order valence-corrected chi connectivity index (χ1v) is 7.55. The summed E-state index contributed by atoms with van der Waals surface area (Å²) in [4.78, 5) is 12.1. The Morgan fingerprint density at radius 1 is 0.824 bits per heavy atom. The van der Waals surface area contributed by atoms with Crippen LogP contribution in [0.5, 0.6) is 0 Å². The molecule has 1 nitrogen and oxygen atoms in total. The van der Waals surface area contributed by atoms with Crippen LogP contribution in [0.1, 0.15) is 57.8 Å².